The second kappa shape index (κ2) is 6.03. The molecular formula is C11H18N4O2. The van der Waals surface area contributed by atoms with Crippen molar-refractivity contribution in [2.75, 3.05) is 5.73 Å². The largest absolute Gasteiger partial charge is 0.383 e. The van der Waals surface area contributed by atoms with Crippen molar-refractivity contribution in [3.63, 3.8) is 0 Å². The van der Waals surface area contributed by atoms with Crippen LogP contribution in [-0.2, 0) is 11.3 Å². The maximum Gasteiger partial charge on any atom is 0.349 e. The van der Waals surface area contributed by atoms with Gasteiger partial charge in [-0.3, -0.25) is 9.36 Å². The average molecular weight is 238 g/mol. The van der Waals surface area contributed by atoms with Crippen molar-refractivity contribution in [2.24, 2.45) is 0 Å². The minimum atomic E-state index is -0.510. The van der Waals surface area contributed by atoms with Gasteiger partial charge in [0.05, 0.1) is 0 Å². The summed E-state index contributed by atoms with van der Waals surface area (Å²) in [5.41, 5.74) is 4.85. The highest BCUT2D eigenvalue weighted by Gasteiger charge is 2.09. The number of aromatic nitrogens is 2. The topological polar surface area (TPSA) is 90.0 Å². The first-order valence-electron chi connectivity index (χ1n) is 5.69. The summed E-state index contributed by atoms with van der Waals surface area (Å²) in [5, 5.41) is 2.85. The van der Waals surface area contributed by atoms with Gasteiger partial charge in [0.15, 0.2) is 0 Å². The molecule has 0 unspecified atom stereocenters. The Morgan fingerprint density at radius 1 is 1.53 bits per heavy atom. The van der Waals surface area contributed by atoms with E-state index in [0.29, 0.717) is 0 Å². The van der Waals surface area contributed by atoms with Gasteiger partial charge in [-0.15, -0.1) is 0 Å². The number of carbonyl (C=O) groups excluding carboxylic acids is 1. The van der Waals surface area contributed by atoms with Crippen LogP contribution in [0.15, 0.2) is 17.1 Å². The number of carbonyl (C=O) groups is 1. The lowest BCUT2D eigenvalue weighted by Gasteiger charge is -2.14. The predicted octanol–water partition coefficient (Wildman–Crippen LogP) is 0.130. The van der Waals surface area contributed by atoms with E-state index >= 15 is 0 Å². The minimum Gasteiger partial charge on any atom is -0.383 e. The molecule has 0 bridgehead atoms. The van der Waals surface area contributed by atoms with Crippen LogP contribution in [0.3, 0.4) is 0 Å². The molecule has 1 aromatic rings. The first kappa shape index (κ1) is 13.2. The third kappa shape index (κ3) is 3.90. The number of rotatable bonds is 5. The molecule has 1 aromatic heterocycles. The zero-order chi connectivity index (χ0) is 12.8. The SMILES string of the molecule is CCC(CC)NC(=O)Cn1ccc(N)nc1=O. The van der Waals surface area contributed by atoms with Gasteiger partial charge in [0.1, 0.15) is 12.4 Å². The number of anilines is 1. The molecule has 0 aliphatic carbocycles. The molecule has 0 aliphatic heterocycles. The van der Waals surface area contributed by atoms with E-state index in [1.54, 1.807) is 0 Å². The first-order chi connectivity index (χ1) is 8.06. The third-order valence-electron chi connectivity index (χ3n) is 2.56. The second-order valence-corrected chi connectivity index (χ2v) is 3.84. The molecule has 94 valence electrons. The molecule has 17 heavy (non-hydrogen) atoms. The van der Waals surface area contributed by atoms with Gasteiger partial charge in [-0.2, -0.15) is 4.98 Å². The Kier molecular flexibility index (Phi) is 4.68. The molecule has 1 heterocycles. The van der Waals surface area contributed by atoms with Crippen molar-refractivity contribution >= 4 is 11.7 Å². The van der Waals surface area contributed by atoms with Gasteiger partial charge in [-0.05, 0) is 18.9 Å². The Morgan fingerprint density at radius 3 is 2.71 bits per heavy atom. The van der Waals surface area contributed by atoms with E-state index in [-0.39, 0.29) is 24.3 Å². The maximum atomic E-state index is 11.6. The smallest absolute Gasteiger partial charge is 0.349 e. The fourth-order valence-corrected chi connectivity index (χ4v) is 1.48. The molecule has 0 saturated carbocycles. The summed E-state index contributed by atoms with van der Waals surface area (Å²) in [4.78, 5) is 26.6. The van der Waals surface area contributed by atoms with Gasteiger partial charge in [-0.25, -0.2) is 4.79 Å². The summed E-state index contributed by atoms with van der Waals surface area (Å²) in [6, 6.07) is 1.64. The van der Waals surface area contributed by atoms with Crippen molar-refractivity contribution in [1.29, 1.82) is 0 Å². The van der Waals surface area contributed by atoms with E-state index in [4.69, 9.17) is 5.73 Å². The van der Waals surface area contributed by atoms with Crippen LogP contribution in [-0.4, -0.2) is 21.5 Å². The maximum absolute atomic E-state index is 11.6. The highest BCUT2D eigenvalue weighted by molar-refractivity contribution is 5.76. The molecule has 0 aliphatic rings. The van der Waals surface area contributed by atoms with E-state index in [0.717, 1.165) is 12.8 Å². The molecule has 0 fully saturated rings. The molecule has 1 rings (SSSR count). The summed E-state index contributed by atoms with van der Waals surface area (Å²) in [6.07, 6.45) is 3.21. The van der Waals surface area contributed by atoms with E-state index in [2.05, 4.69) is 10.3 Å². The fraction of sp³-hybridized carbons (Fsp3) is 0.545. The van der Waals surface area contributed by atoms with Gasteiger partial charge in [0.2, 0.25) is 5.91 Å². The van der Waals surface area contributed by atoms with Crippen molar-refractivity contribution in [1.82, 2.24) is 14.9 Å². The van der Waals surface area contributed by atoms with Crippen LogP contribution in [0, 0.1) is 0 Å². The van der Waals surface area contributed by atoms with Gasteiger partial charge in [0, 0.05) is 12.2 Å². The van der Waals surface area contributed by atoms with E-state index < -0.39 is 5.69 Å². The summed E-state index contributed by atoms with van der Waals surface area (Å²) in [7, 11) is 0. The lowest BCUT2D eigenvalue weighted by atomic mass is 10.2. The second-order valence-electron chi connectivity index (χ2n) is 3.84. The number of hydrogen-bond donors (Lipinski definition) is 2. The Balaban J connectivity index is 2.65. The van der Waals surface area contributed by atoms with Gasteiger partial charge >= 0.3 is 5.69 Å². The van der Waals surface area contributed by atoms with Crippen LogP contribution in [0.4, 0.5) is 5.82 Å². The standard InChI is InChI=1S/C11H18N4O2/c1-3-8(4-2)13-10(16)7-15-6-5-9(12)14-11(15)17/h5-6,8H,3-4,7H2,1-2H3,(H,13,16)(H2,12,14,17). The van der Waals surface area contributed by atoms with Crippen LogP contribution in [0.25, 0.3) is 0 Å². The molecule has 1 amide bonds. The predicted molar refractivity (Wildman–Crippen MR) is 65.4 cm³/mol. The molecular weight excluding hydrogens is 220 g/mol. The van der Waals surface area contributed by atoms with Gasteiger partial charge in [-0.1, -0.05) is 13.8 Å². The summed E-state index contributed by atoms with van der Waals surface area (Å²) in [5.74, 6) is -0.0287. The molecule has 0 aromatic carbocycles. The van der Waals surface area contributed by atoms with Crippen molar-refractivity contribution < 1.29 is 4.79 Å². The molecule has 3 N–H and O–H groups in total. The lowest BCUT2D eigenvalue weighted by molar-refractivity contribution is -0.122. The van der Waals surface area contributed by atoms with Crippen molar-refractivity contribution in [3.8, 4) is 0 Å². The van der Waals surface area contributed by atoms with E-state index in [1.807, 2.05) is 13.8 Å². The molecule has 0 atom stereocenters. The van der Waals surface area contributed by atoms with Crippen LogP contribution >= 0.6 is 0 Å². The van der Waals surface area contributed by atoms with Crippen LogP contribution in [0.5, 0.6) is 0 Å². The summed E-state index contributed by atoms with van der Waals surface area (Å²) < 4.78 is 1.23. The monoisotopic (exact) mass is 238 g/mol. The van der Waals surface area contributed by atoms with E-state index in [9.17, 15) is 9.59 Å². The number of hydrogen-bond acceptors (Lipinski definition) is 4. The zero-order valence-electron chi connectivity index (χ0n) is 10.1. The van der Waals surface area contributed by atoms with Crippen molar-refractivity contribution in [3.05, 3.63) is 22.7 Å². The Morgan fingerprint density at radius 2 is 2.18 bits per heavy atom. The van der Waals surface area contributed by atoms with Crippen molar-refractivity contribution in [2.45, 2.75) is 39.3 Å². The highest BCUT2D eigenvalue weighted by Crippen LogP contribution is 1.96. The zero-order valence-corrected chi connectivity index (χ0v) is 10.1. The number of nitrogens with zero attached hydrogens (tertiary/aromatic N) is 2. The van der Waals surface area contributed by atoms with Gasteiger partial charge < -0.3 is 11.1 Å². The Labute approximate surface area is 99.8 Å². The fourth-order valence-electron chi connectivity index (χ4n) is 1.48. The van der Waals surface area contributed by atoms with E-state index in [1.165, 1.54) is 16.8 Å². The summed E-state index contributed by atoms with van der Waals surface area (Å²) >= 11 is 0. The van der Waals surface area contributed by atoms with Crippen LogP contribution in [0.1, 0.15) is 26.7 Å². The number of amides is 1. The number of nitrogens with two attached hydrogens (primary N) is 1. The normalized spacial score (nSPS) is 10.5. The Hall–Kier alpha value is -1.85. The third-order valence-corrected chi connectivity index (χ3v) is 2.56. The summed E-state index contributed by atoms with van der Waals surface area (Å²) in [6.45, 7) is 3.99. The minimum absolute atomic E-state index is 0.0252. The van der Waals surface area contributed by atoms with Gasteiger partial charge in [0.25, 0.3) is 0 Å². The average Bonchev–Trinajstić information content (AvgIpc) is 2.29. The molecule has 6 nitrogen and oxygen atoms in total. The Bertz CT molecular complexity index is 437. The van der Waals surface area contributed by atoms with Crippen LogP contribution < -0.4 is 16.7 Å². The molecule has 0 saturated heterocycles. The molecule has 6 heteroatoms. The number of nitrogens with one attached hydrogen (secondary N) is 1. The number of nitrogen functional groups attached to an aromatic ring is 1. The molecule has 0 spiro atoms. The first-order valence-corrected chi connectivity index (χ1v) is 5.69. The van der Waals surface area contributed by atoms with Crippen LogP contribution in [0.2, 0.25) is 0 Å². The highest BCUT2D eigenvalue weighted by atomic mass is 16.2. The molecule has 0 radical (unpaired) electrons. The quantitative estimate of drug-likeness (QED) is 0.763. The lowest BCUT2D eigenvalue weighted by Crippen LogP contribution is -2.38.